The Balaban J connectivity index is 1.93. The molecule has 19 heavy (non-hydrogen) atoms. The zero-order valence-corrected chi connectivity index (χ0v) is 12.4. The molecule has 0 amide bonds. The van der Waals surface area contributed by atoms with Crippen molar-refractivity contribution < 1.29 is 0 Å². The van der Waals surface area contributed by atoms with Gasteiger partial charge >= 0.3 is 0 Å². The van der Waals surface area contributed by atoms with Crippen molar-refractivity contribution in [1.82, 2.24) is 19.5 Å². The highest BCUT2D eigenvalue weighted by Gasteiger charge is 2.06. The molecule has 0 spiro atoms. The lowest BCUT2D eigenvalue weighted by atomic mass is 10.2. The highest BCUT2D eigenvalue weighted by molar-refractivity contribution is 9.10. The summed E-state index contributed by atoms with van der Waals surface area (Å²) in [7, 11) is 0. The zero-order valence-electron chi connectivity index (χ0n) is 10.0. The summed E-state index contributed by atoms with van der Waals surface area (Å²) in [6.07, 6.45) is 6.30. The molecule has 0 saturated carbocycles. The number of aryl methyl sites for hydroxylation is 2. The normalized spacial score (nSPS) is 11.0. The van der Waals surface area contributed by atoms with Gasteiger partial charge in [0.05, 0.1) is 5.52 Å². The Morgan fingerprint density at radius 2 is 2.11 bits per heavy atom. The molecule has 0 unspecified atom stereocenters. The molecule has 4 nitrogen and oxygen atoms in total. The Kier molecular flexibility index (Phi) is 3.44. The van der Waals surface area contributed by atoms with Crippen LogP contribution in [-0.4, -0.2) is 19.5 Å². The molecule has 0 saturated heterocycles. The van der Waals surface area contributed by atoms with E-state index in [0.717, 1.165) is 28.6 Å². The quantitative estimate of drug-likeness (QED) is 0.745. The lowest BCUT2D eigenvalue weighted by Crippen LogP contribution is -2.02. The van der Waals surface area contributed by atoms with Crippen molar-refractivity contribution in [2.75, 3.05) is 0 Å². The number of halogens is 1. The fourth-order valence-electron chi connectivity index (χ4n) is 2.02. The summed E-state index contributed by atoms with van der Waals surface area (Å²) >= 11 is 8.76. The van der Waals surface area contributed by atoms with E-state index in [9.17, 15) is 0 Å². The number of fused-ring (bicyclic) bond motifs is 1. The van der Waals surface area contributed by atoms with E-state index < -0.39 is 0 Å². The average Bonchev–Trinajstić information content (AvgIpc) is 2.72. The number of H-pyrrole nitrogens is 1. The smallest absolute Gasteiger partial charge is 0.179 e. The lowest BCUT2D eigenvalue weighted by molar-refractivity contribution is 0.700. The highest BCUT2D eigenvalue weighted by atomic mass is 79.9. The van der Waals surface area contributed by atoms with Crippen molar-refractivity contribution in [2.24, 2.45) is 0 Å². The molecule has 0 bridgehead atoms. The molecular formula is C13H11BrN4S. The Morgan fingerprint density at radius 1 is 1.32 bits per heavy atom. The van der Waals surface area contributed by atoms with Gasteiger partial charge in [0.1, 0.15) is 0 Å². The molecule has 3 aromatic rings. The Bertz CT molecular complexity index is 763. The standard InChI is InChI=1S/C13H11BrN4S/c14-10-7-11-12(16-8-10)18(13(19)17-11)6-3-9-1-4-15-5-2-9/h1-2,4-5,7-8H,3,6H2,(H,17,19). The molecule has 0 atom stereocenters. The third kappa shape index (κ3) is 2.59. The van der Waals surface area contributed by atoms with Crippen LogP contribution in [0.3, 0.4) is 0 Å². The van der Waals surface area contributed by atoms with Crippen LogP contribution in [0.1, 0.15) is 5.56 Å². The maximum Gasteiger partial charge on any atom is 0.179 e. The molecule has 0 fully saturated rings. The molecule has 3 rings (SSSR count). The number of pyridine rings is 2. The molecule has 0 aliphatic heterocycles. The molecule has 0 radical (unpaired) electrons. The summed E-state index contributed by atoms with van der Waals surface area (Å²) < 4.78 is 3.67. The van der Waals surface area contributed by atoms with Crippen molar-refractivity contribution in [3.63, 3.8) is 0 Å². The summed E-state index contributed by atoms with van der Waals surface area (Å²) in [5.74, 6) is 0. The van der Waals surface area contributed by atoms with Crippen LogP contribution in [-0.2, 0) is 13.0 Å². The minimum absolute atomic E-state index is 0.703. The van der Waals surface area contributed by atoms with Gasteiger partial charge in [0, 0.05) is 29.6 Å². The van der Waals surface area contributed by atoms with E-state index in [4.69, 9.17) is 12.2 Å². The van der Waals surface area contributed by atoms with Gasteiger partial charge in [0.15, 0.2) is 10.4 Å². The Hall–Kier alpha value is -1.53. The predicted molar refractivity (Wildman–Crippen MR) is 80.6 cm³/mol. The third-order valence-corrected chi connectivity index (χ3v) is 3.71. The first-order valence-corrected chi connectivity index (χ1v) is 7.07. The first kappa shape index (κ1) is 12.5. The molecule has 0 aliphatic rings. The van der Waals surface area contributed by atoms with Gasteiger partial charge in [0.2, 0.25) is 0 Å². The van der Waals surface area contributed by atoms with Crippen LogP contribution in [0, 0.1) is 4.77 Å². The largest absolute Gasteiger partial charge is 0.329 e. The number of aromatic nitrogens is 4. The van der Waals surface area contributed by atoms with Crippen LogP contribution in [0.15, 0.2) is 41.3 Å². The summed E-state index contributed by atoms with van der Waals surface area (Å²) in [6, 6.07) is 6.02. The Labute approximate surface area is 123 Å². The minimum Gasteiger partial charge on any atom is -0.329 e. The summed E-state index contributed by atoms with van der Waals surface area (Å²) in [4.78, 5) is 11.6. The van der Waals surface area contributed by atoms with Crippen molar-refractivity contribution in [2.45, 2.75) is 13.0 Å². The predicted octanol–water partition coefficient (Wildman–Crippen LogP) is 3.49. The van der Waals surface area contributed by atoms with Gasteiger partial charge in [-0.15, -0.1) is 0 Å². The molecule has 3 aromatic heterocycles. The van der Waals surface area contributed by atoms with Gasteiger partial charge in [-0.1, -0.05) is 0 Å². The molecule has 3 heterocycles. The van der Waals surface area contributed by atoms with E-state index in [1.54, 1.807) is 18.6 Å². The van der Waals surface area contributed by atoms with Crippen molar-refractivity contribution in [1.29, 1.82) is 0 Å². The highest BCUT2D eigenvalue weighted by Crippen LogP contribution is 2.17. The van der Waals surface area contributed by atoms with E-state index >= 15 is 0 Å². The summed E-state index contributed by atoms with van der Waals surface area (Å²) in [5, 5.41) is 0. The number of hydrogen-bond donors (Lipinski definition) is 1. The SMILES string of the molecule is S=c1[nH]c2cc(Br)cnc2n1CCc1ccncc1. The van der Waals surface area contributed by atoms with Crippen LogP contribution in [0.5, 0.6) is 0 Å². The number of nitrogens with zero attached hydrogens (tertiary/aromatic N) is 3. The molecule has 96 valence electrons. The van der Waals surface area contributed by atoms with E-state index in [1.807, 2.05) is 22.8 Å². The third-order valence-electron chi connectivity index (χ3n) is 2.95. The number of nitrogens with one attached hydrogen (secondary N) is 1. The second kappa shape index (κ2) is 5.22. The van der Waals surface area contributed by atoms with E-state index in [1.165, 1.54) is 5.56 Å². The van der Waals surface area contributed by atoms with Crippen LogP contribution in [0.25, 0.3) is 11.2 Å². The van der Waals surface area contributed by atoms with Gasteiger partial charge in [-0.2, -0.15) is 0 Å². The number of aromatic amines is 1. The first-order chi connectivity index (χ1) is 9.24. The van der Waals surface area contributed by atoms with Crippen LogP contribution >= 0.6 is 28.1 Å². The maximum atomic E-state index is 5.35. The van der Waals surface area contributed by atoms with Gasteiger partial charge in [-0.25, -0.2) is 4.98 Å². The van der Waals surface area contributed by atoms with Gasteiger partial charge in [-0.05, 0) is 58.3 Å². The van der Waals surface area contributed by atoms with Gasteiger partial charge < -0.3 is 9.55 Å². The second-order valence-electron chi connectivity index (χ2n) is 4.21. The fraction of sp³-hybridized carbons (Fsp3) is 0.154. The van der Waals surface area contributed by atoms with Crippen LogP contribution in [0.2, 0.25) is 0 Å². The number of hydrogen-bond acceptors (Lipinski definition) is 3. The zero-order chi connectivity index (χ0) is 13.2. The van der Waals surface area contributed by atoms with Crippen molar-refractivity contribution in [3.8, 4) is 0 Å². The fourth-order valence-corrected chi connectivity index (χ4v) is 2.63. The number of rotatable bonds is 3. The Morgan fingerprint density at radius 3 is 2.89 bits per heavy atom. The minimum atomic E-state index is 0.703. The van der Waals surface area contributed by atoms with Crippen LogP contribution < -0.4 is 0 Å². The molecular weight excluding hydrogens is 324 g/mol. The first-order valence-electron chi connectivity index (χ1n) is 5.87. The van der Waals surface area contributed by atoms with E-state index in [2.05, 4.69) is 30.9 Å². The lowest BCUT2D eigenvalue weighted by Gasteiger charge is -2.04. The molecule has 0 aliphatic carbocycles. The molecule has 6 heteroatoms. The molecule has 0 aromatic carbocycles. The monoisotopic (exact) mass is 334 g/mol. The van der Waals surface area contributed by atoms with Crippen molar-refractivity contribution >= 4 is 39.3 Å². The van der Waals surface area contributed by atoms with Crippen LogP contribution in [0.4, 0.5) is 0 Å². The second-order valence-corrected chi connectivity index (χ2v) is 5.51. The number of imidazole rings is 1. The summed E-state index contributed by atoms with van der Waals surface area (Å²) in [6.45, 7) is 0.803. The summed E-state index contributed by atoms with van der Waals surface area (Å²) in [5.41, 5.74) is 3.08. The molecule has 1 N–H and O–H groups in total. The van der Waals surface area contributed by atoms with Crippen molar-refractivity contribution in [3.05, 3.63) is 51.6 Å². The van der Waals surface area contributed by atoms with E-state index in [-0.39, 0.29) is 0 Å². The van der Waals surface area contributed by atoms with E-state index in [0.29, 0.717) is 4.77 Å². The van der Waals surface area contributed by atoms with Gasteiger partial charge in [0.25, 0.3) is 0 Å². The van der Waals surface area contributed by atoms with Gasteiger partial charge in [-0.3, -0.25) is 4.98 Å². The topological polar surface area (TPSA) is 46.5 Å². The average molecular weight is 335 g/mol. The maximum absolute atomic E-state index is 5.35.